The van der Waals surface area contributed by atoms with Crippen molar-refractivity contribution < 1.29 is 18.0 Å². The molecule has 1 aromatic carbocycles. The van der Waals surface area contributed by atoms with Gasteiger partial charge < -0.3 is 14.7 Å². The predicted octanol–water partition coefficient (Wildman–Crippen LogP) is 2.13. The van der Waals surface area contributed by atoms with Gasteiger partial charge in [0.25, 0.3) is 0 Å². The number of piperazine rings is 1. The van der Waals surface area contributed by atoms with Gasteiger partial charge in [0.1, 0.15) is 0 Å². The second-order valence-corrected chi connectivity index (χ2v) is 12.7. The summed E-state index contributed by atoms with van der Waals surface area (Å²) in [6.07, 6.45) is 5.48. The molecule has 200 valence electrons. The Bertz CT molecular complexity index is 1340. The third-order valence-electron chi connectivity index (χ3n) is 7.78. The summed E-state index contributed by atoms with van der Waals surface area (Å²) < 4.78 is 31.6. The number of carbonyl (C=O) groups excluding carboxylic acids is 2. The van der Waals surface area contributed by atoms with Gasteiger partial charge in [0.15, 0.2) is 0 Å². The van der Waals surface area contributed by atoms with Crippen LogP contribution >= 0.6 is 0 Å². The zero-order valence-corrected chi connectivity index (χ0v) is 22.6. The number of aromatic nitrogens is 2. The van der Waals surface area contributed by atoms with Gasteiger partial charge in [0.2, 0.25) is 21.8 Å². The molecule has 2 aromatic rings. The maximum Gasteiger partial charge on any atom is 0.246 e. The molecule has 10 nitrogen and oxygen atoms in total. The second-order valence-electron chi connectivity index (χ2n) is 11.0. The lowest BCUT2D eigenvalue weighted by Gasteiger charge is -2.37. The number of anilines is 1. The van der Waals surface area contributed by atoms with Gasteiger partial charge in [-0.15, -0.1) is 0 Å². The second kappa shape index (κ2) is 9.43. The summed E-state index contributed by atoms with van der Waals surface area (Å²) in [6, 6.07) is 3.39. The number of likely N-dealkylation sites (tertiary alicyclic amines) is 1. The van der Waals surface area contributed by atoms with Gasteiger partial charge in [0, 0.05) is 61.8 Å². The van der Waals surface area contributed by atoms with Gasteiger partial charge in [-0.25, -0.2) is 13.1 Å². The van der Waals surface area contributed by atoms with E-state index in [0.717, 1.165) is 35.9 Å². The number of hydrogen-bond donors (Lipinski definition) is 1. The van der Waals surface area contributed by atoms with Gasteiger partial charge >= 0.3 is 0 Å². The van der Waals surface area contributed by atoms with E-state index < -0.39 is 15.6 Å². The molecule has 2 saturated heterocycles. The lowest BCUT2D eigenvalue weighted by molar-refractivity contribution is -0.134. The summed E-state index contributed by atoms with van der Waals surface area (Å²) >= 11 is 0. The van der Waals surface area contributed by atoms with Gasteiger partial charge in [0.05, 0.1) is 22.7 Å². The van der Waals surface area contributed by atoms with Crippen molar-refractivity contribution in [3.63, 3.8) is 0 Å². The molecule has 1 N–H and O–H groups in total. The lowest BCUT2D eigenvalue weighted by Crippen LogP contribution is -2.50. The van der Waals surface area contributed by atoms with Crippen molar-refractivity contribution in [2.75, 3.05) is 44.2 Å². The molecule has 3 heterocycles. The lowest BCUT2D eigenvalue weighted by atomic mass is 10.1. The number of benzene rings is 1. The molecule has 0 radical (unpaired) electrons. The van der Waals surface area contributed by atoms with E-state index in [-0.39, 0.29) is 28.7 Å². The summed E-state index contributed by atoms with van der Waals surface area (Å²) in [4.78, 5) is 30.6. The molecule has 3 fully saturated rings. The predicted molar refractivity (Wildman–Crippen MR) is 142 cm³/mol. The topological polar surface area (TPSA) is 108 Å². The molecule has 1 aliphatic carbocycles. The van der Waals surface area contributed by atoms with Crippen LogP contribution in [0.4, 0.5) is 5.69 Å². The van der Waals surface area contributed by atoms with Crippen molar-refractivity contribution in [1.82, 2.24) is 24.3 Å². The Balaban J connectivity index is 1.51. The molecule has 2 aliphatic heterocycles. The van der Waals surface area contributed by atoms with Crippen molar-refractivity contribution in [3.05, 3.63) is 31.0 Å². The van der Waals surface area contributed by atoms with Crippen molar-refractivity contribution in [1.29, 1.82) is 0 Å². The van der Waals surface area contributed by atoms with Gasteiger partial charge in [-0.05, 0) is 44.4 Å². The molecule has 5 rings (SSSR count). The molecule has 3 aliphatic rings. The monoisotopic (exact) mass is 528 g/mol. The zero-order chi connectivity index (χ0) is 26.5. The molecule has 0 bridgehead atoms. The van der Waals surface area contributed by atoms with Crippen LogP contribution in [0.25, 0.3) is 10.9 Å². The van der Waals surface area contributed by atoms with E-state index in [1.165, 1.54) is 6.08 Å². The SMILES string of the molecule is C=CC(=O)N1CCC(n2ncc3c(N4CCN(C(=O)C(C)C)CC4)cc(S(=O)(=O)NC4(C)CC4)cc32)C1. The number of hydrogen-bond acceptors (Lipinski definition) is 6. The summed E-state index contributed by atoms with van der Waals surface area (Å²) in [5.74, 6) is -0.0342. The van der Waals surface area contributed by atoms with Crippen LogP contribution in [0, 0.1) is 5.92 Å². The highest BCUT2D eigenvalue weighted by molar-refractivity contribution is 7.89. The fourth-order valence-electron chi connectivity index (χ4n) is 5.29. The molecular weight excluding hydrogens is 492 g/mol. The maximum atomic E-state index is 13.4. The largest absolute Gasteiger partial charge is 0.367 e. The van der Waals surface area contributed by atoms with Crippen LogP contribution in [-0.4, -0.2) is 84.6 Å². The van der Waals surface area contributed by atoms with Crippen LogP contribution in [0.2, 0.25) is 0 Å². The van der Waals surface area contributed by atoms with Crippen molar-refractivity contribution in [3.8, 4) is 0 Å². The highest BCUT2D eigenvalue weighted by Gasteiger charge is 2.41. The minimum Gasteiger partial charge on any atom is -0.367 e. The van der Waals surface area contributed by atoms with E-state index in [4.69, 9.17) is 0 Å². The number of rotatable bonds is 7. The maximum absolute atomic E-state index is 13.4. The number of nitrogens with zero attached hydrogens (tertiary/aromatic N) is 5. The van der Waals surface area contributed by atoms with E-state index in [2.05, 4.69) is 21.3 Å². The highest BCUT2D eigenvalue weighted by atomic mass is 32.2. The van der Waals surface area contributed by atoms with Crippen molar-refractivity contribution in [2.45, 2.75) is 56.5 Å². The van der Waals surface area contributed by atoms with Gasteiger partial charge in [-0.3, -0.25) is 14.3 Å². The molecule has 1 aromatic heterocycles. The Morgan fingerprint density at radius 3 is 2.46 bits per heavy atom. The third-order valence-corrected chi connectivity index (χ3v) is 9.40. The van der Waals surface area contributed by atoms with E-state index in [9.17, 15) is 18.0 Å². The first-order valence-electron chi connectivity index (χ1n) is 13.0. The summed E-state index contributed by atoms with van der Waals surface area (Å²) in [7, 11) is -3.75. The first kappa shape index (κ1) is 25.7. The molecule has 1 unspecified atom stereocenters. The van der Waals surface area contributed by atoms with Crippen LogP contribution in [-0.2, 0) is 19.6 Å². The fraction of sp³-hybridized carbons (Fsp3) is 0.577. The van der Waals surface area contributed by atoms with Gasteiger partial charge in [-0.2, -0.15) is 5.10 Å². The molecular formula is C26H36N6O4S. The Morgan fingerprint density at radius 2 is 1.84 bits per heavy atom. The number of sulfonamides is 1. The normalized spacial score (nSPS) is 21.6. The smallest absolute Gasteiger partial charge is 0.246 e. The number of amides is 2. The minimum atomic E-state index is -3.75. The Labute approximate surface area is 218 Å². The Hall–Kier alpha value is -2.92. The van der Waals surface area contributed by atoms with Crippen molar-refractivity contribution in [2.24, 2.45) is 5.92 Å². The first-order valence-corrected chi connectivity index (χ1v) is 14.5. The zero-order valence-electron chi connectivity index (χ0n) is 21.8. The number of fused-ring (bicyclic) bond motifs is 1. The molecule has 1 saturated carbocycles. The number of nitrogens with one attached hydrogen (secondary N) is 1. The van der Waals surface area contributed by atoms with Crippen LogP contribution in [0.1, 0.15) is 46.1 Å². The Kier molecular flexibility index (Phi) is 6.56. The van der Waals surface area contributed by atoms with Crippen LogP contribution < -0.4 is 9.62 Å². The number of carbonyl (C=O) groups is 2. The summed E-state index contributed by atoms with van der Waals surface area (Å²) in [5.41, 5.74) is 1.14. The van der Waals surface area contributed by atoms with Crippen LogP contribution in [0.15, 0.2) is 35.9 Å². The first-order chi connectivity index (χ1) is 17.5. The standard InChI is InChI=1S/C26H36N6O4S/c1-5-24(33)31-9-6-19(17-31)32-23-15-20(37(35,36)28-26(4)7-8-26)14-22(21(23)16-27-32)29-10-12-30(13-11-29)25(34)18(2)3/h5,14-16,18-19,28H,1,6-13,17H2,2-4H3. The van der Waals surface area contributed by atoms with Gasteiger partial charge in [-0.1, -0.05) is 20.4 Å². The molecule has 0 spiro atoms. The average molecular weight is 529 g/mol. The molecule has 37 heavy (non-hydrogen) atoms. The minimum absolute atomic E-state index is 0.0541. The molecule has 11 heteroatoms. The van der Waals surface area contributed by atoms with E-state index in [1.807, 2.05) is 30.4 Å². The summed E-state index contributed by atoms with van der Waals surface area (Å²) in [5, 5.41) is 5.54. The van der Waals surface area contributed by atoms with E-state index >= 15 is 0 Å². The van der Waals surface area contributed by atoms with Crippen LogP contribution in [0.3, 0.4) is 0 Å². The third kappa shape index (κ3) is 4.98. The highest BCUT2D eigenvalue weighted by Crippen LogP contribution is 2.38. The van der Waals surface area contributed by atoms with Crippen LogP contribution in [0.5, 0.6) is 0 Å². The van der Waals surface area contributed by atoms with E-state index in [1.54, 1.807) is 23.2 Å². The van der Waals surface area contributed by atoms with E-state index in [0.29, 0.717) is 39.3 Å². The van der Waals surface area contributed by atoms with Crippen molar-refractivity contribution >= 4 is 38.4 Å². The molecule has 1 atom stereocenters. The Morgan fingerprint density at radius 1 is 1.14 bits per heavy atom. The summed E-state index contributed by atoms with van der Waals surface area (Å²) in [6.45, 7) is 12.8. The fourth-order valence-corrected chi connectivity index (χ4v) is 6.79. The quantitative estimate of drug-likeness (QED) is 0.552. The molecule has 2 amide bonds. The average Bonchev–Trinajstić information content (AvgIpc) is 3.25.